The molecule has 2 fully saturated rings. The number of likely N-dealkylation sites (N-methyl/N-ethyl adjacent to an activating group) is 1. The molecule has 2 aromatic carbocycles. The molecule has 0 unspecified atom stereocenters. The Labute approximate surface area is 236 Å². The number of nitrogens with zero attached hydrogens (tertiary/aromatic N) is 5. The number of piperazine rings is 1. The van der Waals surface area contributed by atoms with E-state index in [4.69, 9.17) is 4.74 Å². The number of benzene rings is 2. The van der Waals surface area contributed by atoms with E-state index in [1.165, 1.54) is 25.5 Å². The molecule has 2 aliphatic rings. The number of carbonyl (C=O) groups excluding carboxylic acids is 2. The SMILES string of the molecule is CCOC(=O)c1cnc(Nc2ccc(N3CCN(C)CC3)cc2)nc1C(=O)c1cccc(CN2CCCCC2)c1. The van der Waals surface area contributed by atoms with Gasteiger partial charge in [0.15, 0.2) is 0 Å². The molecule has 0 atom stereocenters. The molecule has 1 N–H and O–H groups in total. The topological polar surface area (TPSA) is 90.9 Å². The van der Waals surface area contributed by atoms with E-state index in [2.05, 4.69) is 49.2 Å². The normalized spacial score (nSPS) is 16.5. The Kier molecular flexibility index (Phi) is 9.03. The van der Waals surface area contributed by atoms with Crippen LogP contribution in [0, 0.1) is 0 Å². The summed E-state index contributed by atoms with van der Waals surface area (Å²) < 4.78 is 5.21. The van der Waals surface area contributed by atoms with Gasteiger partial charge >= 0.3 is 5.97 Å². The van der Waals surface area contributed by atoms with E-state index in [0.29, 0.717) is 5.56 Å². The van der Waals surface area contributed by atoms with Gasteiger partial charge in [-0.05, 0) is 75.8 Å². The average molecular weight is 543 g/mol. The Hall–Kier alpha value is -3.82. The standard InChI is InChI=1S/C31H38N6O3/c1-3-40-30(39)27-21-32-31(33-25-10-12-26(13-11-25)37-18-16-35(2)17-19-37)34-28(27)29(38)24-9-7-8-23(20-24)22-36-14-5-4-6-15-36/h7-13,20-21H,3-6,14-19,22H2,1-2H3,(H,32,33,34). The molecule has 0 amide bonds. The molecule has 0 spiro atoms. The summed E-state index contributed by atoms with van der Waals surface area (Å²) in [7, 11) is 2.14. The lowest BCUT2D eigenvalue weighted by Gasteiger charge is -2.34. The number of piperidine rings is 1. The van der Waals surface area contributed by atoms with Crippen molar-refractivity contribution in [3.8, 4) is 0 Å². The molecule has 1 aromatic heterocycles. The zero-order valence-corrected chi connectivity index (χ0v) is 23.4. The molecule has 9 nitrogen and oxygen atoms in total. The zero-order valence-electron chi connectivity index (χ0n) is 23.4. The molecule has 3 heterocycles. The summed E-state index contributed by atoms with van der Waals surface area (Å²) in [4.78, 5) is 42.4. The lowest BCUT2D eigenvalue weighted by atomic mass is 10.0. The third-order valence-corrected chi connectivity index (χ3v) is 7.54. The fourth-order valence-corrected chi connectivity index (χ4v) is 5.25. The molecule has 40 heavy (non-hydrogen) atoms. The van der Waals surface area contributed by atoms with Gasteiger partial charge in [0.05, 0.1) is 6.61 Å². The lowest BCUT2D eigenvalue weighted by molar-refractivity contribution is 0.0522. The number of carbonyl (C=O) groups is 2. The number of anilines is 3. The van der Waals surface area contributed by atoms with Gasteiger partial charge in [-0.15, -0.1) is 0 Å². The van der Waals surface area contributed by atoms with Crippen LogP contribution in [0.15, 0.2) is 54.7 Å². The van der Waals surface area contributed by atoms with Crippen molar-refractivity contribution in [2.24, 2.45) is 0 Å². The van der Waals surface area contributed by atoms with Crippen LogP contribution >= 0.6 is 0 Å². The summed E-state index contributed by atoms with van der Waals surface area (Å²) in [5, 5.41) is 3.19. The number of nitrogens with one attached hydrogen (secondary N) is 1. The molecular formula is C31H38N6O3. The van der Waals surface area contributed by atoms with Gasteiger partial charge < -0.3 is 19.9 Å². The Morgan fingerprint density at radius 2 is 1.70 bits per heavy atom. The van der Waals surface area contributed by atoms with Gasteiger partial charge in [0, 0.05) is 55.9 Å². The van der Waals surface area contributed by atoms with Crippen molar-refractivity contribution in [1.82, 2.24) is 19.8 Å². The van der Waals surface area contributed by atoms with Crippen LogP contribution in [0.5, 0.6) is 0 Å². The first kappa shape index (κ1) is 27.7. The maximum absolute atomic E-state index is 13.7. The number of likely N-dealkylation sites (tertiary alicyclic amines) is 1. The van der Waals surface area contributed by atoms with Gasteiger partial charge in [0.25, 0.3) is 0 Å². The third-order valence-electron chi connectivity index (χ3n) is 7.54. The van der Waals surface area contributed by atoms with E-state index in [9.17, 15) is 9.59 Å². The fourth-order valence-electron chi connectivity index (χ4n) is 5.25. The number of rotatable bonds is 9. The average Bonchev–Trinajstić information content (AvgIpc) is 2.98. The molecule has 9 heteroatoms. The molecule has 0 radical (unpaired) electrons. The highest BCUT2D eigenvalue weighted by atomic mass is 16.5. The predicted molar refractivity (Wildman–Crippen MR) is 156 cm³/mol. The molecule has 0 saturated carbocycles. The van der Waals surface area contributed by atoms with Crippen LogP contribution in [0.2, 0.25) is 0 Å². The second-order valence-electron chi connectivity index (χ2n) is 10.5. The Balaban J connectivity index is 1.36. The zero-order chi connectivity index (χ0) is 27.9. The predicted octanol–water partition coefficient (Wildman–Crippen LogP) is 4.37. The molecular weight excluding hydrogens is 504 g/mol. The van der Waals surface area contributed by atoms with Crippen LogP contribution in [-0.2, 0) is 11.3 Å². The lowest BCUT2D eigenvalue weighted by Crippen LogP contribution is -2.44. The summed E-state index contributed by atoms with van der Waals surface area (Å²) in [6, 6.07) is 15.7. The number of ketones is 1. The minimum atomic E-state index is -0.613. The van der Waals surface area contributed by atoms with Gasteiger partial charge in [-0.25, -0.2) is 14.8 Å². The summed E-state index contributed by atoms with van der Waals surface area (Å²) in [6.45, 7) is 8.93. The van der Waals surface area contributed by atoms with E-state index < -0.39 is 5.97 Å². The second kappa shape index (κ2) is 13.0. The van der Waals surface area contributed by atoms with E-state index in [1.807, 2.05) is 30.3 Å². The van der Waals surface area contributed by atoms with Crippen LogP contribution in [-0.4, -0.2) is 84.4 Å². The Morgan fingerprint density at radius 3 is 2.42 bits per heavy atom. The van der Waals surface area contributed by atoms with Crippen molar-refractivity contribution in [3.63, 3.8) is 0 Å². The number of aromatic nitrogens is 2. The van der Waals surface area contributed by atoms with Crippen LogP contribution < -0.4 is 10.2 Å². The van der Waals surface area contributed by atoms with Crippen LogP contribution in [0.25, 0.3) is 0 Å². The quantitative estimate of drug-likeness (QED) is 0.313. The van der Waals surface area contributed by atoms with E-state index in [1.54, 1.807) is 13.0 Å². The summed E-state index contributed by atoms with van der Waals surface area (Å²) in [5.74, 6) is -0.703. The minimum Gasteiger partial charge on any atom is -0.462 e. The highest BCUT2D eigenvalue weighted by Crippen LogP contribution is 2.23. The number of hydrogen-bond acceptors (Lipinski definition) is 9. The molecule has 5 rings (SSSR count). The Bertz CT molecular complexity index is 1310. The van der Waals surface area contributed by atoms with Crippen LogP contribution in [0.4, 0.5) is 17.3 Å². The van der Waals surface area contributed by atoms with E-state index in [0.717, 1.165) is 62.8 Å². The van der Waals surface area contributed by atoms with Gasteiger partial charge in [0.2, 0.25) is 11.7 Å². The maximum atomic E-state index is 13.7. The number of ether oxygens (including phenoxy) is 1. The summed E-state index contributed by atoms with van der Waals surface area (Å²) in [5.41, 5.74) is 3.60. The smallest absolute Gasteiger partial charge is 0.342 e. The van der Waals surface area contributed by atoms with Crippen molar-refractivity contribution >= 4 is 29.1 Å². The van der Waals surface area contributed by atoms with Gasteiger partial charge in [-0.3, -0.25) is 9.69 Å². The molecule has 2 saturated heterocycles. The van der Waals surface area contributed by atoms with Crippen molar-refractivity contribution < 1.29 is 14.3 Å². The van der Waals surface area contributed by atoms with E-state index >= 15 is 0 Å². The number of esters is 1. The summed E-state index contributed by atoms with van der Waals surface area (Å²) >= 11 is 0. The van der Waals surface area contributed by atoms with Gasteiger partial charge in [-0.1, -0.05) is 24.6 Å². The first-order valence-corrected chi connectivity index (χ1v) is 14.2. The van der Waals surface area contributed by atoms with Crippen LogP contribution in [0.3, 0.4) is 0 Å². The molecule has 2 aliphatic heterocycles. The molecule has 0 bridgehead atoms. The van der Waals surface area contributed by atoms with Crippen LogP contribution in [0.1, 0.15) is 58.2 Å². The van der Waals surface area contributed by atoms with Crippen molar-refractivity contribution in [3.05, 3.63) is 77.1 Å². The minimum absolute atomic E-state index is 0.0279. The van der Waals surface area contributed by atoms with Crippen molar-refractivity contribution in [2.75, 3.05) is 63.1 Å². The van der Waals surface area contributed by atoms with Gasteiger partial charge in [0.1, 0.15) is 11.3 Å². The molecule has 210 valence electrons. The molecule has 0 aliphatic carbocycles. The van der Waals surface area contributed by atoms with Crippen molar-refractivity contribution in [1.29, 1.82) is 0 Å². The van der Waals surface area contributed by atoms with Gasteiger partial charge in [-0.2, -0.15) is 0 Å². The largest absolute Gasteiger partial charge is 0.462 e. The van der Waals surface area contributed by atoms with Crippen molar-refractivity contribution in [2.45, 2.75) is 32.7 Å². The Morgan fingerprint density at radius 1 is 0.950 bits per heavy atom. The summed E-state index contributed by atoms with van der Waals surface area (Å²) in [6.07, 6.45) is 5.06. The fraction of sp³-hybridized carbons (Fsp3) is 0.419. The monoisotopic (exact) mass is 542 g/mol. The highest BCUT2D eigenvalue weighted by molar-refractivity contribution is 6.13. The number of hydrogen-bond donors (Lipinski definition) is 1. The second-order valence-corrected chi connectivity index (χ2v) is 10.5. The third kappa shape index (κ3) is 6.84. The first-order valence-electron chi connectivity index (χ1n) is 14.2. The maximum Gasteiger partial charge on any atom is 0.342 e. The van der Waals surface area contributed by atoms with E-state index in [-0.39, 0.29) is 29.6 Å². The highest BCUT2D eigenvalue weighted by Gasteiger charge is 2.23. The molecule has 3 aromatic rings. The first-order chi connectivity index (χ1) is 19.5.